The van der Waals surface area contributed by atoms with Crippen LogP contribution in [0, 0.1) is 3.57 Å². The normalized spacial score (nSPS) is 12.5. The topological polar surface area (TPSA) is 120 Å². The zero-order chi connectivity index (χ0) is 19.6. The standard InChI is InChI=1S/C18H25IN8/c1-10(2)27-9-24-15-16(22-8-12-6-13(19)4-5-14(12)21)25-18(26-17(15)27)23-7-11(3)20/h4-6,9-11H,7-8,20-21H2,1-3H3,(H2,22,23,25,26). The predicted octanol–water partition coefficient (Wildman–Crippen LogP) is 2.97. The number of aromatic nitrogens is 4. The molecule has 3 rings (SSSR count). The summed E-state index contributed by atoms with van der Waals surface area (Å²) in [7, 11) is 0. The van der Waals surface area contributed by atoms with E-state index in [4.69, 9.17) is 11.5 Å². The zero-order valence-corrected chi connectivity index (χ0v) is 17.9. The molecule has 6 N–H and O–H groups in total. The molecule has 0 aliphatic heterocycles. The molecule has 27 heavy (non-hydrogen) atoms. The van der Waals surface area contributed by atoms with E-state index in [2.05, 4.69) is 68.1 Å². The van der Waals surface area contributed by atoms with E-state index >= 15 is 0 Å². The summed E-state index contributed by atoms with van der Waals surface area (Å²) in [6, 6.07) is 6.20. The van der Waals surface area contributed by atoms with Crippen LogP contribution in [0.15, 0.2) is 24.5 Å². The number of nitrogens with zero attached hydrogens (tertiary/aromatic N) is 4. The van der Waals surface area contributed by atoms with E-state index in [1.807, 2.05) is 23.6 Å². The lowest BCUT2D eigenvalue weighted by molar-refractivity contribution is 0.612. The fourth-order valence-corrected chi connectivity index (χ4v) is 3.21. The minimum atomic E-state index is 0.00177. The average molecular weight is 480 g/mol. The minimum Gasteiger partial charge on any atom is -0.398 e. The van der Waals surface area contributed by atoms with Crippen molar-refractivity contribution in [1.29, 1.82) is 0 Å². The number of nitrogens with one attached hydrogen (secondary N) is 2. The molecule has 0 amide bonds. The summed E-state index contributed by atoms with van der Waals surface area (Å²) in [5.74, 6) is 1.20. The number of anilines is 3. The molecule has 8 nitrogen and oxygen atoms in total. The Morgan fingerprint density at radius 3 is 2.67 bits per heavy atom. The molecule has 0 saturated heterocycles. The Labute approximate surface area is 172 Å². The largest absolute Gasteiger partial charge is 0.398 e. The first-order valence-corrected chi connectivity index (χ1v) is 9.94. The molecule has 3 aromatic rings. The van der Waals surface area contributed by atoms with E-state index in [9.17, 15) is 0 Å². The first-order valence-electron chi connectivity index (χ1n) is 8.87. The smallest absolute Gasteiger partial charge is 0.226 e. The van der Waals surface area contributed by atoms with Crippen LogP contribution in [-0.2, 0) is 6.54 Å². The van der Waals surface area contributed by atoms with Crippen LogP contribution in [0.4, 0.5) is 17.5 Å². The summed E-state index contributed by atoms with van der Waals surface area (Å²) < 4.78 is 3.16. The van der Waals surface area contributed by atoms with Crippen molar-refractivity contribution < 1.29 is 0 Å². The van der Waals surface area contributed by atoms with Crippen molar-refractivity contribution in [2.24, 2.45) is 5.73 Å². The van der Waals surface area contributed by atoms with Gasteiger partial charge in [-0.2, -0.15) is 9.97 Å². The highest BCUT2D eigenvalue weighted by Gasteiger charge is 2.15. The number of rotatable bonds is 7. The second-order valence-corrected chi connectivity index (χ2v) is 8.11. The van der Waals surface area contributed by atoms with Gasteiger partial charge in [0.25, 0.3) is 0 Å². The Hall–Kier alpha value is -2.14. The molecular weight excluding hydrogens is 455 g/mol. The van der Waals surface area contributed by atoms with Crippen molar-refractivity contribution in [2.45, 2.75) is 39.4 Å². The number of nitrogens with two attached hydrogens (primary N) is 2. The Balaban J connectivity index is 1.95. The average Bonchev–Trinajstić information content (AvgIpc) is 3.04. The van der Waals surface area contributed by atoms with Gasteiger partial charge in [0.05, 0.1) is 6.33 Å². The van der Waals surface area contributed by atoms with Gasteiger partial charge in [-0.15, -0.1) is 0 Å². The van der Waals surface area contributed by atoms with Gasteiger partial charge < -0.3 is 26.7 Å². The Bertz CT molecular complexity index is 935. The van der Waals surface area contributed by atoms with Crippen LogP contribution in [0.25, 0.3) is 11.2 Å². The maximum absolute atomic E-state index is 6.10. The summed E-state index contributed by atoms with van der Waals surface area (Å²) in [6.07, 6.45) is 1.80. The van der Waals surface area contributed by atoms with Crippen molar-refractivity contribution >= 4 is 51.2 Å². The van der Waals surface area contributed by atoms with E-state index < -0.39 is 0 Å². The maximum atomic E-state index is 6.10. The van der Waals surface area contributed by atoms with Gasteiger partial charge >= 0.3 is 0 Å². The van der Waals surface area contributed by atoms with Crippen molar-refractivity contribution in [3.8, 4) is 0 Å². The summed E-state index contributed by atoms with van der Waals surface area (Å²) in [5, 5.41) is 6.57. The van der Waals surface area contributed by atoms with Gasteiger partial charge in [0.15, 0.2) is 17.0 Å². The zero-order valence-electron chi connectivity index (χ0n) is 15.7. The fraction of sp³-hybridized carbons (Fsp3) is 0.389. The Morgan fingerprint density at radius 1 is 1.19 bits per heavy atom. The maximum Gasteiger partial charge on any atom is 0.226 e. The summed E-state index contributed by atoms with van der Waals surface area (Å²) in [5.41, 5.74) is 15.2. The van der Waals surface area contributed by atoms with Crippen molar-refractivity contribution in [3.05, 3.63) is 33.7 Å². The van der Waals surface area contributed by atoms with Crippen LogP contribution in [0.2, 0.25) is 0 Å². The van der Waals surface area contributed by atoms with Crippen molar-refractivity contribution in [3.63, 3.8) is 0 Å². The third-order valence-corrected chi connectivity index (χ3v) is 4.78. The quantitative estimate of drug-likeness (QED) is 0.303. The van der Waals surface area contributed by atoms with Gasteiger partial charge in [-0.1, -0.05) is 0 Å². The Kier molecular flexibility index (Phi) is 6.00. The van der Waals surface area contributed by atoms with Crippen LogP contribution >= 0.6 is 22.6 Å². The molecule has 2 heterocycles. The van der Waals surface area contributed by atoms with E-state index in [1.165, 1.54) is 0 Å². The molecule has 0 bridgehead atoms. The number of nitrogen functional groups attached to an aromatic ring is 1. The molecule has 0 spiro atoms. The number of hydrogen-bond acceptors (Lipinski definition) is 7. The highest BCUT2D eigenvalue weighted by atomic mass is 127. The monoisotopic (exact) mass is 480 g/mol. The van der Waals surface area contributed by atoms with Gasteiger partial charge in [-0.25, -0.2) is 4.98 Å². The van der Waals surface area contributed by atoms with Crippen LogP contribution in [0.5, 0.6) is 0 Å². The van der Waals surface area contributed by atoms with Crippen LogP contribution in [-0.4, -0.2) is 32.1 Å². The lowest BCUT2D eigenvalue weighted by Crippen LogP contribution is -2.26. The van der Waals surface area contributed by atoms with Crippen LogP contribution in [0.3, 0.4) is 0 Å². The Morgan fingerprint density at radius 2 is 1.96 bits per heavy atom. The molecule has 9 heteroatoms. The van der Waals surface area contributed by atoms with E-state index in [-0.39, 0.29) is 12.1 Å². The van der Waals surface area contributed by atoms with E-state index in [0.717, 1.165) is 26.0 Å². The molecule has 1 unspecified atom stereocenters. The van der Waals surface area contributed by atoms with Crippen molar-refractivity contribution in [2.75, 3.05) is 22.9 Å². The molecule has 1 atom stereocenters. The first-order chi connectivity index (χ1) is 12.8. The third-order valence-electron chi connectivity index (χ3n) is 4.11. The number of imidazole rings is 1. The van der Waals surface area contributed by atoms with Crippen LogP contribution < -0.4 is 22.1 Å². The van der Waals surface area contributed by atoms with Crippen LogP contribution in [0.1, 0.15) is 32.4 Å². The highest BCUT2D eigenvalue weighted by molar-refractivity contribution is 14.1. The molecule has 0 fully saturated rings. The molecule has 2 aromatic heterocycles. The molecule has 0 radical (unpaired) electrons. The van der Waals surface area contributed by atoms with Crippen molar-refractivity contribution in [1.82, 2.24) is 19.5 Å². The second kappa shape index (κ2) is 8.26. The summed E-state index contributed by atoms with van der Waals surface area (Å²) >= 11 is 2.28. The number of benzene rings is 1. The van der Waals surface area contributed by atoms with Gasteiger partial charge in [-0.05, 0) is 67.1 Å². The van der Waals surface area contributed by atoms with E-state index in [1.54, 1.807) is 6.33 Å². The van der Waals surface area contributed by atoms with E-state index in [0.29, 0.717) is 24.9 Å². The third kappa shape index (κ3) is 4.59. The molecule has 0 aliphatic carbocycles. The fourth-order valence-electron chi connectivity index (χ4n) is 2.66. The van der Waals surface area contributed by atoms with Gasteiger partial charge in [-0.3, -0.25) is 0 Å². The highest BCUT2D eigenvalue weighted by Crippen LogP contribution is 2.25. The first kappa shape index (κ1) is 19.6. The molecule has 0 aliphatic rings. The SMILES string of the molecule is CC(N)CNc1nc(NCc2cc(I)ccc2N)c2ncn(C(C)C)c2n1. The lowest BCUT2D eigenvalue weighted by Gasteiger charge is -2.13. The lowest BCUT2D eigenvalue weighted by atomic mass is 10.2. The molecule has 0 saturated carbocycles. The number of fused-ring (bicyclic) bond motifs is 1. The predicted molar refractivity (Wildman–Crippen MR) is 119 cm³/mol. The molecular formula is C18H25IN8. The van der Waals surface area contributed by atoms with Gasteiger partial charge in [0, 0.05) is 34.4 Å². The summed E-state index contributed by atoms with van der Waals surface area (Å²) in [4.78, 5) is 13.8. The number of halogens is 1. The second-order valence-electron chi connectivity index (χ2n) is 6.87. The number of hydrogen-bond donors (Lipinski definition) is 4. The minimum absolute atomic E-state index is 0.00177. The van der Waals surface area contributed by atoms with Gasteiger partial charge in [0.1, 0.15) is 0 Å². The summed E-state index contributed by atoms with van der Waals surface area (Å²) in [6.45, 7) is 7.26. The molecule has 144 valence electrons. The van der Waals surface area contributed by atoms with Gasteiger partial charge in [0.2, 0.25) is 5.95 Å². The molecule has 1 aromatic carbocycles.